The van der Waals surface area contributed by atoms with Crippen LogP contribution in [0.25, 0.3) is 0 Å². The first-order chi connectivity index (χ1) is 12.7. The summed E-state index contributed by atoms with van der Waals surface area (Å²) in [6.45, 7) is 1.99. The summed E-state index contributed by atoms with van der Waals surface area (Å²) < 4.78 is 11.1. The summed E-state index contributed by atoms with van der Waals surface area (Å²) in [5, 5.41) is 16.2. The van der Waals surface area contributed by atoms with Crippen molar-refractivity contribution in [3.8, 4) is 17.6 Å². The second-order valence-electron chi connectivity index (χ2n) is 6.39. The summed E-state index contributed by atoms with van der Waals surface area (Å²) in [5.41, 5.74) is 1.55. The molecule has 3 aromatic rings. The van der Waals surface area contributed by atoms with Gasteiger partial charge in [-0.15, -0.1) is 0 Å². The molecule has 0 unspecified atom stereocenters. The molecule has 2 aromatic carbocycles. The summed E-state index contributed by atoms with van der Waals surface area (Å²) in [5.74, 6) is 3.32. The molecule has 1 fully saturated rings. The van der Waals surface area contributed by atoms with Gasteiger partial charge in [-0.05, 0) is 68.3 Å². The molecule has 1 saturated carbocycles. The van der Waals surface area contributed by atoms with Gasteiger partial charge >= 0.3 is 0 Å². The molecule has 1 heterocycles. The molecule has 0 bridgehead atoms. The van der Waals surface area contributed by atoms with Crippen molar-refractivity contribution < 1.29 is 9.26 Å². The molecule has 130 valence electrons. The third-order valence-corrected chi connectivity index (χ3v) is 4.23. The minimum absolute atomic E-state index is 0.0692. The number of nitrogens with one attached hydrogen (secondary N) is 1. The Labute approximate surface area is 151 Å². The fourth-order valence-corrected chi connectivity index (χ4v) is 2.60. The topological polar surface area (TPSA) is 84.0 Å². The summed E-state index contributed by atoms with van der Waals surface area (Å²) in [6, 6.07) is 16.7. The van der Waals surface area contributed by atoms with E-state index < -0.39 is 0 Å². The summed E-state index contributed by atoms with van der Waals surface area (Å²) in [6.07, 6.45) is 2.31. The maximum Gasteiger partial charge on any atom is 0.248 e. The Hall–Kier alpha value is -3.33. The molecule has 26 heavy (non-hydrogen) atoms. The van der Waals surface area contributed by atoms with Gasteiger partial charge in [-0.3, -0.25) is 0 Å². The largest absolute Gasteiger partial charge is 0.457 e. The van der Waals surface area contributed by atoms with Crippen molar-refractivity contribution in [1.29, 1.82) is 5.26 Å². The van der Waals surface area contributed by atoms with E-state index in [9.17, 15) is 0 Å². The predicted molar refractivity (Wildman–Crippen MR) is 96.0 cm³/mol. The molecule has 1 aliphatic carbocycles. The van der Waals surface area contributed by atoms with E-state index in [4.69, 9.17) is 14.5 Å². The lowest BCUT2D eigenvalue weighted by atomic mass is 10.2. The number of aromatic nitrogens is 2. The highest BCUT2D eigenvalue weighted by molar-refractivity contribution is 5.48. The average molecular weight is 346 g/mol. The van der Waals surface area contributed by atoms with Gasteiger partial charge in [0.05, 0.1) is 11.6 Å². The molecule has 6 heteroatoms. The number of hydrogen-bond donors (Lipinski definition) is 1. The summed E-state index contributed by atoms with van der Waals surface area (Å²) >= 11 is 0. The van der Waals surface area contributed by atoms with Crippen molar-refractivity contribution in [2.45, 2.75) is 31.7 Å². The first-order valence-corrected chi connectivity index (χ1v) is 8.59. The average Bonchev–Trinajstić information content (AvgIpc) is 3.40. The Morgan fingerprint density at radius 2 is 1.77 bits per heavy atom. The van der Waals surface area contributed by atoms with E-state index in [-0.39, 0.29) is 6.04 Å². The Morgan fingerprint density at radius 3 is 2.38 bits per heavy atom. The first-order valence-electron chi connectivity index (χ1n) is 8.59. The van der Waals surface area contributed by atoms with E-state index >= 15 is 0 Å². The van der Waals surface area contributed by atoms with Gasteiger partial charge in [0.15, 0.2) is 5.82 Å². The fourth-order valence-electron chi connectivity index (χ4n) is 2.60. The Kier molecular flexibility index (Phi) is 4.28. The molecule has 1 aromatic heterocycles. The van der Waals surface area contributed by atoms with Crippen LogP contribution in [0, 0.1) is 11.3 Å². The molecule has 0 radical (unpaired) electrons. The van der Waals surface area contributed by atoms with E-state index in [1.54, 1.807) is 24.3 Å². The highest BCUT2D eigenvalue weighted by atomic mass is 16.5. The Bertz CT molecular complexity index is 922. The van der Waals surface area contributed by atoms with Crippen LogP contribution < -0.4 is 10.1 Å². The molecular formula is C20H18N4O2. The van der Waals surface area contributed by atoms with Crippen LogP contribution in [0.3, 0.4) is 0 Å². The maximum atomic E-state index is 8.82. The Balaban J connectivity index is 1.37. The van der Waals surface area contributed by atoms with Crippen LogP contribution in [0.5, 0.6) is 11.5 Å². The molecular weight excluding hydrogens is 328 g/mol. The zero-order valence-corrected chi connectivity index (χ0v) is 14.3. The van der Waals surface area contributed by atoms with Gasteiger partial charge in [-0.1, -0.05) is 5.16 Å². The molecule has 1 aliphatic rings. The van der Waals surface area contributed by atoms with Crippen LogP contribution in [0.4, 0.5) is 5.69 Å². The lowest BCUT2D eigenvalue weighted by Gasteiger charge is -2.12. The highest BCUT2D eigenvalue weighted by Gasteiger charge is 2.29. The minimum Gasteiger partial charge on any atom is -0.457 e. The van der Waals surface area contributed by atoms with E-state index in [1.807, 2.05) is 31.2 Å². The van der Waals surface area contributed by atoms with Crippen LogP contribution >= 0.6 is 0 Å². The predicted octanol–water partition coefficient (Wildman–Crippen LogP) is 4.78. The second kappa shape index (κ2) is 6.89. The van der Waals surface area contributed by atoms with Gasteiger partial charge < -0.3 is 14.6 Å². The zero-order chi connectivity index (χ0) is 17.9. The maximum absolute atomic E-state index is 8.82. The molecule has 1 atom stereocenters. The zero-order valence-electron chi connectivity index (χ0n) is 14.3. The molecule has 0 saturated heterocycles. The Morgan fingerprint density at radius 1 is 1.12 bits per heavy atom. The lowest BCUT2D eigenvalue weighted by molar-refractivity contribution is 0.363. The van der Waals surface area contributed by atoms with Gasteiger partial charge in [0.1, 0.15) is 17.5 Å². The molecule has 4 rings (SSSR count). The number of benzene rings is 2. The van der Waals surface area contributed by atoms with Crippen molar-refractivity contribution in [2.75, 3.05) is 5.32 Å². The molecule has 1 N–H and O–H groups in total. The molecule has 0 aliphatic heterocycles. The highest BCUT2D eigenvalue weighted by Crippen LogP contribution is 2.38. The van der Waals surface area contributed by atoms with Crippen molar-refractivity contribution >= 4 is 5.69 Å². The second-order valence-corrected chi connectivity index (χ2v) is 6.39. The first kappa shape index (κ1) is 16.2. The number of rotatable bonds is 6. The molecule has 6 nitrogen and oxygen atoms in total. The lowest BCUT2D eigenvalue weighted by Crippen LogP contribution is -2.07. The van der Waals surface area contributed by atoms with Gasteiger partial charge in [0, 0.05) is 11.6 Å². The van der Waals surface area contributed by atoms with Crippen molar-refractivity contribution in [1.82, 2.24) is 10.1 Å². The van der Waals surface area contributed by atoms with Crippen LogP contribution in [0.1, 0.15) is 49.0 Å². The van der Waals surface area contributed by atoms with Crippen LogP contribution in [0.15, 0.2) is 53.1 Å². The quantitative estimate of drug-likeness (QED) is 0.691. The summed E-state index contributed by atoms with van der Waals surface area (Å²) in [7, 11) is 0. The number of nitriles is 1. The third kappa shape index (κ3) is 3.67. The van der Waals surface area contributed by atoms with Gasteiger partial charge in [0.2, 0.25) is 5.89 Å². The number of nitrogens with zero attached hydrogens (tertiary/aromatic N) is 3. The normalized spacial score (nSPS) is 14.5. The third-order valence-electron chi connectivity index (χ3n) is 4.23. The number of ether oxygens (including phenoxy) is 1. The van der Waals surface area contributed by atoms with Gasteiger partial charge in [0.25, 0.3) is 0 Å². The van der Waals surface area contributed by atoms with Crippen molar-refractivity contribution in [3.05, 3.63) is 65.8 Å². The SMILES string of the molecule is C[C@@H](Nc1ccc(Oc2ccc(C#N)cc2)cc1)c1nc(C2CC2)no1. The monoisotopic (exact) mass is 346 g/mol. The van der Waals surface area contributed by atoms with Crippen molar-refractivity contribution in [3.63, 3.8) is 0 Å². The summed E-state index contributed by atoms with van der Waals surface area (Å²) in [4.78, 5) is 4.47. The van der Waals surface area contributed by atoms with E-state index in [0.29, 0.717) is 23.1 Å². The van der Waals surface area contributed by atoms with Crippen molar-refractivity contribution in [2.24, 2.45) is 0 Å². The van der Waals surface area contributed by atoms with Gasteiger partial charge in [-0.2, -0.15) is 10.2 Å². The molecule has 0 amide bonds. The van der Waals surface area contributed by atoms with Crippen LogP contribution in [-0.2, 0) is 0 Å². The van der Waals surface area contributed by atoms with Gasteiger partial charge in [-0.25, -0.2) is 0 Å². The standard InChI is InChI=1S/C20H18N4O2/c1-13(20-23-19(24-26-20)15-4-5-15)22-16-6-10-18(11-7-16)25-17-8-2-14(12-21)3-9-17/h2-3,6-11,13,15,22H,4-5H2,1H3/t13-/m1/s1. The van der Waals surface area contributed by atoms with E-state index in [1.165, 1.54) is 0 Å². The fraction of sp³-hybridized carbons (Fsp3) is 0.250. The number of anilines is 1. The van der Waals surface area contributed by atoms with Crippen LogP contribution in [-0.4, -0.2) is 10.1 Å². The smallest absolute Gasteiger partial charge is 0.248 e. The number of hydrogen-bond acceptors (Lipinski definition) is 6. The van der Waals surface area contributed by atoms with Crippen LogP contribution in [0.2, 0.25) is 0 Å². The minimum atomic E-state index is -0.0692. The van der Waals surface area contributed by atoms with E-state index in [2.05, 4.69) is 21.5 Å². The van der Waals surface area contributed by atoms with E-state index in [0.717, 1.165) is 30.1 Å². The molecule has 0 spiro atoms.